The van der Waals surface area contributed by atoms with Gasteiger partial charge in [-0.1, -0.05) is 19.6 Å². The number of carbonyl (C=O) groups excluding carboxylic acids is 1. The smallest absolute Gasteiger partial charge is 0.266 e. The summed E-state index contributed by atoms with van der Waals surface area (Å²) >= 11 is 14.5. The molecule has 70 valence electrons. The maximum absolute atomic E-state index is 10.1. The summed E-state index contributed by atoms with van der Waals surface area (Å²) in [4.78, 5) is 10.1. The Morgan fingerprint density at radius 3 is 1.75 bits per heavy atom. The third-order valence-electron chi connectivity index (χ3n) is 0.536. The first-order valence-corrected chi connectivity index (χ1v) is 8.12. The van der Waals surface area contributed by atoms with Gasteiger partial charge < -0.3 is 0 Å². The highest BCUT2D eigenvalue weighted by Crippen LogP contribution is 1.96. The second kappa shape index (κ2) is 7.94. The van der Waals surface area contributed by atoms with Gasteiger partial charge in [-0.15, -0.1) is 28.7 Å². The van der Waals surface area contributed by atoms with Crippen LogP contribution in [0.15, 0.2) is 0 Å². The Hall–Kier alpha value is 0.317. The third kappa shape index (κ3) is 22.4. The topological polar surface area (TPSA) is 17.1 Å². The molecule has 0 aliphatic rings. The van der Waals surface area contributed by atoms with Gasteiger partial charge in [-0.2, -0.15) is 0 Å². The van der Waals surface area contributed by atoms with Crippen LogP contribution in [0.1, 0.15) is 0 Å². The minimum atomic E-state index is -1.39. The molecule has 0 fully saturated rings. The second-order valence-corrected chi connectivity index (χ2v) is 8.78. The van der Waals surface area contributed by atoms with Crippen LogP contribution >= 0.6 is 34.8 Å². The molecule has 0 radical (unpaired) electrons. The van der Waals surface area contributed by atoms with E-state index in [1.807, 2.05) is 0 Å². The van der Waals surface area contributed by atoms with Crippen molar-refractivity contribution in [3.8, 4) is 11.5 Å². The van der Waals surface area contributed by atoms with Crippen molar-refractivity contribution in [3.05, 3.63) is 0 Å². The van der Waals surface area contributed by atoms with Gasteiger partial charge in [0.2, 0.25) is 0 Å². The molecule has 0 aliphatic heterocycles. The van der Waals surface area contributed by atoms with E-state index in [-0.39, 0.29) is 5.34 Å². The molecule has 0 aromatic heterocycles. The van der Waals surface area contributed by atoms with Crippen molar-refractivity contribution in [2.24, 2.45) is 0 Å². The standard InChI is InChI=1S/C6H9ClOSi.CH2Cl2/c1-9(2,3)5-4-6(7)8;2-1-3/h1-3H3;1H2. The molecule has 0 N–H and O–H groups in total. The zero-order valence-electron chi connectivity index (χ0n) is 7.25. The molecule has 0 atom stereocenters. The summed E-state index contributed by atoms with van der Waals surface area (Å²) in [5.41, 5.74) is 2.83. The highest BCUT2D eigenvalue weighted by Gasteiger charge is 2.07. The predicted molar refractivity (Wildman–Crippen MR) is 58.6 cm³/mol. The van der Waals surface area contributed by atoms with Gasteiger partial charge in [0.1, 0.15) is 8.07 Å². The fourth-order valence-corrected chi connectivity index (χ4v) is 0.852. The van der Waals surface area contributed by atoms with Gasteiger partial charge in [-0.3, -0.25) is 4.79 Å². The molecule has 12 heavy (non-hydrogen) atoms. The number of hydrogen-bond donors (Lipinski definition) is 0. The second-order valence-electron chi connectivity index (χ2n) is 2.87. The average molecular weight is 246 g/mol. The number of alkyl halides is 2. The van der Waals surface area contributed by atoms with Crippen molar-refractivity contribution in [1.82, 2.24) is 0 Å². The van der Waals surface area contributed by atoms with E-state index in [1.165, 1.54) is 0 Å². The van der Waals surface area contributed by atoms with E-state index in [1.54, 1.807) is 0 Å². The zero-order chi connectivity index (χ0) is 10.2. The summed E-state index contributed by atoms with van der Waals surface area (Å²) < 4.78 is 0. The number of hydrogen-bond acceptors (Lipinski definition) is 1. The molecule has 0 heterocycles. The van der Waals surface area contributed by atoms with E-state index in [2.05, 4.69) is 31.1 Å². The Morgan fingerprint density at radius 1 is 1.33 bits per heavy atom. The van der Waals surface area contributed by atoms with Gasteiger partial charge in [-0.25, -0.2) is 0 Å². The lowest BCUT2D eigenvalue weighted by Crippen LogP contribution is -2.16. The van der Waals surface area contributed by atoms with E-state index in [0.717, 1.165) is 0 Å². The average Bonchev–Trinajstić information content (AvgIpc) is 1.84. The maximum Gasteiger partial charge on any atom is 0.295 e. The van der Waals surface area contributed by atoms with Crippen molar-refractivity contribution >= 4 is 48.1 Å². The van der Waals surface area contributed by atoms with Crippen LogP contribution in [0, 0.1) is 11.5 Å². The normalized spacial score (nSPS) is 8.83. The SMILES string of the molecule is C[Si](C)(C)C#CC(=O)Cl.ClCCl. The Kier molecular flexibility index (Phi) is 9.81. The molecular weight excluding hydrogens is 235 g/mol. The fraction of sp³-hybridized carbons (Fsp3) is 0.571. The van der Waals surface area contributed by atoms with Crippen LogP contribution in [0.4, 0.5) is 0 Å². The molecule has 0 amide bonds. The van der Waals surface area contributed by atoms with Crippen molar-refractivity contribution in [2.75, 3.05) is 5.34 Å². The van der Waals surface area contributed by atoms with E-state index in [9.17, 15) is 4.79 Å². The molecule has 0 bridgehead atoms. The Bertz CT molecular complexity index is 187. The van der Waals surface area contributed by atoms with Crippen LogP contribution in [0.3, 0.4) is 0 Å². The van der Waals surface area contributed by atoms with Crippen LogP contribution in [0.5, 0.6) is 0 Å². The van der Waals surface area contributed by atoms with Gasteiger partial charge in [0.15, 0.2) is 0 Å². The molecule has 0 aliphatic carbocycles. The lowest BCUT2D eigenvalue weighted by atomic mass is 10.8. The highest BCUT2D eigenvalue weighted by atomic mass is 35.5. The minimum absolute atomic E-state index is 0.194. The molecular formula is C7H11Cl3OSi. The van der Waals surface area contributed by atoms with Gasteiger partial charge in [-0.05, 0) is 17.5 Å². The van der Waals surface area contributed by atoms with Gasteiger partial charge in [0.25, 0.3) is 5.24 Å². The summed E-state index contributed by atoms with van der Waals surface area (Å²) in [7, 11) is -1.39. The molecule has 0 aromatic carbocycles. The van der Waals surface area contributed by atoms with Crippen LogP contribution in [-0.2, 0) is 4.79 Å². The van der Waals surface area contributed by atoms with Gasteiger partial charge in [0.05, 0.1) is 5.34 Å². The summed E-state index contributed by atoms with van der Waals surface area (Å²) in [5.74, 6) is 2.32. The molecule has 0 rings (SSSR count). The largest absolute Gasteiger partial charge is 0.295 e. The van der Waals surface area contributed by atoms with Crippen molar-refractivity contribution in [1.29, 1.82) is 0 Å². The Morgan fingerprint density at radius 2 is 1.67 bits per heavy atom. The summed E-state index contributed by atoms with van der Waals surface area (Å²) in [6, 6.07) is 0. The Balaban J connectivity index is 0. The molecule has 0 spiro atoms. The highest BCUT2D eigenvalue weighted by molar-refractivity contribution is 6.84. The first kappa shape index (κ1) is 14.8. The maximum atomic E-state index is 10.1. The van der Waals surface area contributed by atoms with Gasteiger partial charge in [0, 0.05) is 0 Å². The van der Waals surface area contributed by atoms with E-state index >= 15 is 0 Å². The Labute approximate surface area is 89.4 Å². The number of halogens is 3. The number of carbonyl (C=O) groups is 1. The fourth-order valence-electron chi connectivity index (χ4n) is 0.237. The van der Waals surface area contributed by atoms with Gasteiger partial charge >= 0.3 is 0 Å². The van der Waals surface area contributed by atoms with E-state index < -0.39 is 13.3 Å². The monoisotopic (exact) mass is 244 g/mol. The first-order chi connectivity index (χ1) is 5.33. The molecule has 0 aromatic rings. The van der Waals surface area contributed by atoms with Crippen LogP contribution < -0.4 is 0 Å². The minimum Gasteiger partial charge on any atom is -0.266 e. The summed E-state index contributed by atoms with van der Waals surface area (Å²) in [6.07, 6.45) is 0. The third-order valence-corrected chi connectivity index (χ3v) is 1.51. The summed E-state index contributed by atoms with van der Waals surface area (Å²) in [5, 5.41) is -0.363. The van der Waals surface area contributed by atoms with E-state index in [4.69, 9.17) is 34.8 Å². The molecule has 0 saturated carbocycles. The lowest BCUT2D eigenvalue weighted by Gasteiger charge is -2.01. The lowest BCUT2D eigenvalue weighted by molar-refractivity contribution is -0.106. The van der Waals surface area contributed by atoms with E-state index in [0.29, 0.717) is 0 Å². The molecule has 1 nitrogen and oxygen atoms in total. The van der Waals surface area contributed by atoms with Crippen molar-refractivity contribution < 1.29 is 4.79 Å². The first-order valence-electron chi connectivity index (χ1n) is 3.18. The van der Waals surface area contributed by atoms with Crippen molar-refractivity contribution in [2.45, 2.75) is 19.6 Å². The van der Waals surface area contributed by atoms with Crippen LogP contribution in [0.2, 0.25) is 19.6 Å². The number of rotatable bonds is 0. The molecule has 0 unspecified atom stereocenters. The van der Waals surface area contributed by atoms with Crippen LogP contribution in [-0.4, -0.2) is 18.7 Å². The predicted octanol–water partition coefficient (Wildman–Crippen LogP) is 3.05. The quantitative estimate of drug-likeness (QED) is 0.277. The summed E-state index contributed by atoms with van der Waals surface area (Å²) in [6.45, 7) is 6.17. The molecule has 0 saturated heterocycles. The molecule has 5 heteroatoms. The van der Waals surface area contributed by atoms with Crippen LogP contribution in [0.25, 0.3) is 0 Å². The van der Waals surface area contributed by atoms with Crippen molar-refractivity contribution in [3.63, 3.8) is 0 Å². The zero-order valence-corrected chi connectivity index (χ0v) is 10.5.